The quantitative estimate of drug-likeness (QED) is 0.542. The molecule has 0 saturated heterocycles. The fraction of sp³-hybridized carbons (Fsp3) is 0.333. The van der Waals surface area contributed by atoms with E-state index in [9.17, 15) is 18.0 Å². The van der Waals surface area contributed by atoms with Crippen LogP contribution in [-0.2, 0) is 19.6 Å². The Hall–Kier alpha value is -3.39. The summed E-state index contributed by atoms with van der Waals surface area (Å²) >= 11 is 0. The second-order valence-electron chi connectivity index (χ2n) is 8.85. The van der Waals surface area contributed by atoms with Crippen LogP contribution in [0.3, 0.4) is 0 Å². The third-order valence-electron chi connectivity index (χ3n) is 6.52. The molecule has 1 amide bonds. The van der Waals surface area contributed by atoms with Gasteiger partial charge in [0.2, 0.25) is 0 Å². The third-order valence-corrected chi connectivity index (χ3v) is 8.33. The first-order chi connectivity index (χ1) is 16.7. The molecular formula is C27H29NO6S. The molecule has 2 atom stereocenters. The molecule has 4 rings (SSSR count). The number of amides is 1. The van der Waals surface area contributed by atoms with E-state index in [0.29, 0.717) is 24.3 Å². The van der Waals surface area contributed by atoms with Crippen molar-refractivity contribution < 1.29 is 27.5 Å². The third kappa shape index (κ3) is 5.03. The second-order valence-corrected chi connectivity index (χ2v) is 10.7. The molecule has 8 heteroatoms. The van der Waals surface area contributed by atoms with Gasteiger partial charge in [0.25, 0.3) is 15.9 Å². The molecule has 184 valence electrons. The first-order valence-electron chi connectivity index (χ1n) is 11.5. The van der Waals surface area contributed by atoms with Gasteiger partial charge in [-0.05, 0) is 62.1 Å². The van der Waals surface area contributed by atoms with Gasteiger partial charge in [0.1, 0.15) is 0 Å². The molecule has 2 aromatic rings. The van der Waals surface area contributed by atoms with Crippen molar-refractivity contribution >= 4 is 21.7 Å². The number of ketones is 1. The Labute approximate surface area is 206 Å². The predicted molar refractivity (Wildman–Crippen MR) is 132 cm³/mol. The lowest BCUT2D eigenvalue weighted by Gasteiger charge is -2.32. The molecule has 2 unspecified atom stereocenters. The number of methoxy groups -OCH3 is 2. The van der Waals surface area contributed by atoms with Gasteiger partial charge >= 0.3 is 0 Å². The van der Waals surface area contributed by atoms with Gasteiger partial charge in [0.15, 0.2) is 17.3 Å². The van der Waals surface area contributed by atoms with Crippen LogP contribution in [0.5, 0.6) is 11.5 Å². The van der Waals surface area contributed by atoms with Gasteiger partial charge in [-0.1, -0.05) is 35.4 Å². The summed E-state index contributed by atoms with van der Waals surface area (Å²) in [7, 11) is -1.03. The number of carbonyl (C=O) groups excluding carboxylic acids is 2. The highest BCUT2D eigenvalue weighted by Crippen LogP contribution is 2.40. The van der Waals surface area contributed by atoms with Crippen molar-refractivity contribution in [3.63, 3.8) is 0 Å². The first-order valence-corrected chi connectivity index (χ1v) is 13.0. The molecule has 0 aromatic heterocycles. The molecule has 35 heavy (non-hydrogen) atoms. The highest BCUT2D eigenvalue weighted by molar-refractivity contribution is 7.89. The van der Waals surface area contributed by atoms with Crippen LogP contribution >= 0.6 is 0 Å². The topological polar surface area (TPSA) is 90.0 Å². The van der Waals surface area contributed by atoms with Crippen LogP contribution in [-0.4, -0.2) is 44.7 Å². The zero-order chi connectivity index (χ0) is 25.2. The number of aryl methyl sites for hydroxylation is 1. The van der Waals surface area contributed by atoms with Crippen molar-refractivity contribution in [1.82, 2.24) is 4.31 Å². The number of ether oxygens (including phenoxy) is 2. The van der Waals surface area contributed by atoms with E-state index < -0.39 is 27.9 Å². The van der Waals surface area contributed by atoms with Crippen molar-refractivity contribution in [1.29, 1.82) is 0 Å². The molecule has 2 aliphatic rings. The standard InChI is InChI=1S/C27H29NO6S/c1-18-7-10-22(11-8-18)35(31,32)28-24(12-14-27(28)30)23(16-19-5-4-6-21(29)15-19)20-9-13-25(33-2)26(17-20)34-3/h7-15,17,23-24H,4-6,16H2,1-3H3. The fourth-order valence-corrected chi connectivity index (χ4v) is 6.25. The number of allylic oxidation sites excluding steroid dienone is 2. The molecule has 0 bridgehead atoms. The van der Waals surface area contributed by atoms with Crippen LogP contribution < -0.4 is 9.47 Å². The summed E-state index contributed by atoms with van der Waals surface area (Å²) < 4.78 is 39.1. The van der Waals surface area contributed by atoms with Gasteiger partial charge in [-0.2, -0.15) is 0 Å². The predicted octanol–water partition coefficient (Wildman–Crippen LogP) is 4.32. The molecule has 0 spiro atoms. The lowest BCUT2D eigenvalue weighted by atomic mass is 9.83. The van der Waals surface area contributed by atoms with Crippen LogP contribution in [0.25, 0.3) is 0 Å². The van der Waals surface area contributed by atoms with E-state index in [2.05, 4.69) is 0 Å². The Balaban J connectivity index is 1.79. The molecule has 1 aliphatic heterocycles. The summed E-state index contributed by atoms with van der Waals surface area (Å²) in [6.07, 6.45) is 7.07. The van der Waals surface area contributed by atoms with Crippen molar-refractivity contribution in [2.45, 2.75) is 49.5 Å². The molecule has 0 saturated carbocycles. The van der Waals surface area contributed by atoms with Crippen molar-refractivity contribution in [3.05, 3.63) is 77.4 Å². The molecule has 7 nitrogen and oxygen atoms in total. The monoisotopic (exact) mass is 495 g/mol. The van der Waals surface area contributed by atoms with Gasteiger partial charge in [0.05, 0.1) is 25.2 Å². The van der Waals surface area contributed by atoms with E-state index in [-0.39, 0.29) is 10.7 Å². The van der Waals surface area contributed by atoms with Crippen LogP contribution in [0.4, 0.5) is 0 Å². The molecule has 0 fully saturated rings. The van der Waals surface area contributed by atoms with Crippen LogP contribution in [0.15, 0.2) is 71.2 Å². The van der Waals surface area contributed by atoms with Gasteiger partial charge in [0, 0.05) is 18.4 Å². The van der Waals surface area contributed by atoms with E-state index in [1.807, 2.05) is 19.1 Å². The molecule has 0 radical (unpaired) electrons. The highest BCUT2D eigenvalue weighted by Gasteiger charge is 2.42. The van der Waals surface area contributed by atoms with Crippen molar-refractivity contribution in [2.75, 3.05) is 14.2 Å². The van der Waals surface area contributed by atoms with E-state index in [1.54, 1.807) is 37.5 Å². The fourth-order valence-electron chi connectivity index (χ4n) is 4.70. The van der Waals surface area contributed by atoms with E-state index in [1.165, 1.54) is 25.3 Å². The summed E-state index contributed by atoms with van der Waals surface area (Å²) in [5.41, 5.74) is 2.65. The van der Waals surface area contributed by atoms with Gasteiger partial charge < -0.3 is 9.47 Å². The minimum atomic E-state index is -4.11. The maximum absolute atomic E-state index is 13.6. The van der Waals surface area contributed by atoms with Crippen LogP contribution in [0.1, 0.15) is 42.7 Å². The number of hydrogen-bond donors (Lipinski definition) is 0. The van der Waals surface area contributed by atoms with Crippen LogP contribution in [0.2, 0.25) is 0 Å². The number of rotatable bonds is 8. The van der Waals surface area contributed by atoms with Gasteiger partial charge in [-0.15, -0.1) is 0 Å². The Kier molecular flexibility index (Phi) is 7.12. The number of benzene rings is 2. The zero-order valence-electron chi connectivity index (χ0n) is 20.1. The summed E-state index contributed by atoms with van der Waals surface area (Å²) in [4.78, 5) is 25.1. The maximum atomic E-state index is 13.6. The van der Waals surface area contributed by atoms with Gasteiger partial charge in [-0.3, -0.25) is 9.59 Å². The number of hydrogen-bond acceptors (Lipinski definition) is 6. The van der Waals surface area contributed by atoms with E-state index >= 15 is 0 Å². The summed E-state index contributed by atoms with van der Waals surface area (Å²) in [6.45, 7) is 1.87. The first kappa shape index (κ1) is 24.7. The SMILES string of the molecule is COc1ccc(C(CC2=CC(=O)CCC2)C2C=CC(=O)N2S(=O)(=O)c2ccc(C)cc2)cc1OC. The smallest absolute Gasteiger partial charge is 0.267 e. The van der Waals surface area contributed by atoms with Gasteiger partial charge in [-0.25, -0.2) is 12.7 Å². The minimum absolute atomic E-state index is 0.0586. The molecule has 0 N–H and O–H groups in total. The van der Waals surface area contributed by atoms with Crippen LogP contribution in [0, 0.1) is 6.92 Å². The Morgan fingerprint density at radius 3 is 2.37 bits per heavy atom. The number of carbonyl (C=O) groups is 2. The average Bonchev–Trinajstić information content (AvgIpc) is 3.24. The minimum Gasteiger partial charge on any atom is -0.493 e. The zero-order valence-corrected chi connectivity index (χ0v) is 20.9. The Bertz CT molecular complexity index is 1290. The maximum Gasteiger partial charge on any atom is 0.267 e. The van der Waals surface area contributed by atoms with E-state index in [4.69, 9.17) is 9.47 Å². The summed E-state index contributed by atoms with van der Waals surface area (Å²) in [6, 6.07) is 11.1. The van der Waals surface area contributed by atoms with E-state index in [0.717, 1.165) is 33.8 Å². The Morgan fingerprint density at radius 1 is 1.00 bits per heavy atom. The normalized spacial score (nSPS) is 19.0. The summed E-state index contributed by atoms with van der Waals surface area (Å²) in [5.74, 6) is 0.110. The average molecular weight is 496 g/mol. The van der Waals surface area contributed by atoms with Crippen molar-refractivity contribution in [3.8, 4) is 11.5 Å². The molecular weight excluding hydrogens is 466 g/mol. The Morgan fingerprint density at radius 2 is 1.71 bits per heavy atom. The second kappa shape index (κ2) is 10.1. The lowest BCUT2D eigenvalue weighted by molar-refractivity contribution is -0.121. The number of nitrogens with zero attached hydrogens (tertiary/aromatic N) is 1. The van der Waals surface area contributed by atoms with Crippen molar-refractivity contribution in [2.24, 2.45) is 0 Å². The summed E-state index contributed by atoms with van der Waals surface area (Å²) in [5, 5.41) is 0. The molecule has 1 aliphatic carbocycles. The largest absolute Gasteiger partial charge is 0.493 e. The molecule has 1 heterocycles. The lowest BCUT2D eigenvalue weighted by Crippen LogP contribution is -2.42. The highest BCUT2D eigenvalue weighted by atomic mass is 32.2. The number of sulfonamides is 1. The molecule has 2 aromatic carbocycles.